The summed E-state index contributed by atoms with van der Waals surface area (Å²) in [6.07, 6.45) is -0.497. The first kappa shape index (κ1) is 25.9. The van der Waals surface area contributed by atoms with Gasteiger partial charge in [0.05, 0.1) is 0 Å². The number of carboxylic acid groups (broad SMARTS) is 3. The van der Waals surface area contributed by atoms with Gasteiger partial charge in [-0.2, -0.15) is 11.8 Å². The molecule has 0 fully saturated rings. The lowest BCUT2D eigenvalue weighted by molar-refractivity contribution is -0.139. The van der Waals surface area contributed by atoms with Gasteiger partial charge < -0.3 is 42.7 Å². The Hall–Kier alpha value is -3.07. The van der Waals surface area contributed by atoms with Crippen LogP contribution in [-0.2, 0) is 24.0 Å². The molecule has 0 aliphatic carbocycles. The van der Waals surface area contributed by atoms with Gasteiger partial charge in [0, 0.05) is 17.9 Å². The van der Waals surface area contributed by atoms with Crippen LogP contribution < -0.4 is 27.4 Å². The Kier molecular flexibility index (Phi) is 11.8. The van der Waals surface area contributed by atoms with Crippen LogP contribution in [0.15, 0.2) is 0 Å². The monoisotopic (exact) mass is 437 g/mol. The first-order valence-corrected chi connectivity index (χ1v) is 9.23. The molecule has 0 rings (SSSR count). The summed E-state index contributed by atoms with van der Waals surface area (Å²) in [5, 5.41) is 32.7. The van der Waals surface area contributed by atoms with E-state index in [4.69, 9.17) is 26.8 Å². The number of primary amides is 1. The Morgan fingerprint density at radius 2 is 1.48 bits per heavy atom. The van der Waals surface area contributed by atoms with Gasteiger partial charge in [-0.3, -0.25) is 19.2 Å². The van der Waals surface area contributed by atoms with Crippen molar-refractivity contribution in [2.45, 2.75) is 31.0 Å². The average Bonchev–Trinajstić information content (AvgIpc) is 2.61. The molecule has 14 nitrogen and oxygen atoms in total. The first-order chi connectivity index (χ1) is 13.4. The molecule has 4 amide bonds. The quantitative estimate of drug-likeness (QED) is 0.134. The minimum atomic E-state index is -1.37. The maximum Gasteiger partial charge on any atom is 0.327 e. The highest BCUT2D eigenvalue weighted by Gasteiger charge is 2.24. The van der Waals surface area contributed by atoms with Crippen LogP contribution in [0.5, 0.6) is 0 Å². The second-order valence-electron chi connectivity index (χ2n) is 5.65. The van der Waals surface area contributed by atoms with Crippen LogP contribution in [0.3, 0.4) is 0 Å². The van der Waals surface area contributed by atoms with Crippen LogP contribution in [0.2, 0.25) is 0 Å². The summed E-state index contributed by atoms with van der Waals surface area (Å²) in [5.74, 6) is -5.89. The topological polar surface area (TPSA) is 251 Å². The van der Waals surface area contributed by atoms with E-state index in [1.165, 1.54) is 0 Å². The van der Waals surface area contributed by atoms with Gasteiger partial charge >= 0.3 is 23.9 Å². The van der Waals surface area contributed by atoms with E-state index in [0.717, 1.165) is 11.8 Å². The predicted molar refractivity (Wildman–Crippen MR) is 98.9 cm³/mol. The van der Waals surface area contributed by atoms with Crippen molar-refractivity contribution in [2.24, 2.45) is 11.5 Å². The molecule has 0 saturated carbocycles. The minimum absolute atomic E-state index is 0.160. The Morgan fingerprint density at radius 3 is 1.97 bits per heavy atom. The number of carboxylic acids is 3. The van der Waals surface area contributed by atoms with Crippen molar-refractivity contribution in [3.8, 4) is 0 Å². The third-order valence-electron chi connectivity index (χ3n) is 3.25. The molecule has 3 atom stereocenters. The lowest BCUT2D eigenvalue weighted by atomic mass is 10.1. The molecule has 10 N–H and O–H groups in total. The lowest BCUT2D eigenvalue weighted by Gasteiger charge is -2.19. The third kappa shape index (κ3) is 12.1. The van der Waals surface area contributed by atoms with Gasteiger partial charge in [-0.1, -0.05) is 0 Å². The number of nitrogens with one attached hydrogen (secondary N) is 3. The molecule has 164 valence electrons. The minimum Gasteiger partial charge on any atom is -0.480 e. The number of hydrogen-bond acceptors (Lipinski definition) is 8. The van der Waals surface area contributed by atoms with E-state index in [9.17, 15) is 28.8 Å². The molecule has 1 unspecified atom stereocenters. The fourth-order valence-electron chi connectivity index (χ4n) is 1.80. The maximum atomic E-state index is 12.1. The summed E-state index contributed by atoms with van der Waals surface area (Å²) in [6, 6.07) is -4.91. The molecule has 0 aromatic heterocycles. The number of aliphatic carboxylic acids is 3. The van der Waals surface area contributed by atoms with E-state index >= 15 is 0 Å². The zero-order valence-corrected chi connectivity index (χ0v) is 15.9. The number of carbonyl (C=O) groups is 6. The first-order valence-electron chi connectivity index (χ1n) is 8.07. The van der Waals surface area contributed by atoms with E-state index in [0.29, 0.717) is 0 Å². The van der Waals surface area contributed by atoms with Crippen LogP contribution in [0.4, 0.5) is 4.79 Å². The summed E-state index contributed by atoms with van der Waals surface area (Å²) < 4.78 is 0. The van der Waals surface area contributed by atoms with Crippen LogP contribution >= 0.6 is 11.8 Å². The fraction of sp³-hybridized carbons (Fsp3) is 0.571. The second kappa shape index (κ2) is 13.2. The standard InChI is InChI=1S/C14H23N5O9S/c15-6(12(24)25)1-2-9(20)18-7(11(23)17-3-10(21)22)4-29-5-8(13(26)27)19-14(16)28/h6-8H,1-5,15H2,(H,17,23)(H,18,20)(H,21,22)(H,24,25)(H,26,27)(H3,16,19,28)/t6-,7-,8?/m0/s1. The normalized spacial score (nSPS) is 13.4. The number of thioether (sulfide) groups is 1. The van der Waals surface area contributed by atoms with Gasteiger partial charge in [0.1, 0.15) is 24.7 Å². The van der Waals surface area contributed by atoms with Gasteiger partial charge in [0.15, 0.2) is 0 Å². The van der Waals surface area contributed by atoms with E-state index in [2.05, 4.69) is 10.6 Å². The summed E-state index contributed by atoms with van der Waals surface area (Å²) in [5.41, 5.74) is 10.2. The highest BCUT2D eigenvalue weighted by Crippen LogP contribution is 2.07. The number of urea groups is 1. The van der Waals surface area contributed by atoms with Crippen LogP contribution in [0.25, 0.3) is 0 Å². The smallest absolute Gasteiger partial charge is 0.327 e. The van der Waals surface area contributed by atoms with Crippen molar-refractivity contribution in [2.75, 3.05) is 18.1 Å². The molecule has 0 radical (unpaired) electrons. The second-order valence-corrected chi connectivity index (χ2v) is 6.73. The maximum absolute atomic E-state index is 12.1. The van der Waals surface area contributed by atoms with E-state index in [1.54, 1.807) is 0 Å². The number of hydrogen-bond donors (Lipinski definition) is 8. The summed E-state index contributed by atoms with van der Waals surface area (Å²) >= 11 is 0.881. The molecule has 29 heavy (non-hydrogen) atoms. The van der Waals surface area contributed by atoms with Gasteiger partial charge in [-0.15, -0.1) is 0 Å². The molecule has 0 heterocycles. The SMILES string of the molecule is NC(=O)NC(CSC[C@H](NC(=O)CC[C@H](N)C(=O)O)C(=O)NCC(=O)O)C(=O)O. The van der Waals surface area contributed by atoms with Crippen LogP contribution in [0.1, 0.15) is 12.8 Å². The molecule has 0 aromatic rings. The molecule has 0 saturated heterocycles. The lowest BCUT2D eigenvalue weighted by Crippen LogP contribution is -2.50. The number of amides is 4. The van der Waals surface area contributed by atoms with E-state index in [-0.39, 0.29) is 24.3 Å². The average molecular weight is 437 g/mol. The summed E-state index contributed by atoms with van der Waals surface area (Å²) in [6.45, 7) is -0.708. The van der Waals surface area contributed by atoms with Gasteiger partial charge in [0.25, 0.3) is 0 Å². The number of rotatable bonds is 14. The summed E-state index contributed by atoms with van der Waals surface area (Å²) in [4.78, 5) is 67.1. The van der Waals surface area contributed by atoms with Gasteiger partial charge in [-0.05, 0) is 6.42 Å². The molecule has 0 aliphatic heterocycles. The highest BCUT2D eigenvalue weighted by molar-refractivity contribution is 7.99. The van der Waals surface area contributed by atoms with Crippen molar-refractivity contribution >= 4 is 47.5 Å². The molecule has 0 spiro atoms. The van der Waals surface area contributed by atoms with Gasteiger partial charge in [0.2, 0.25) is 11.8 Å². The van der Waals surface area contributed by atoms with Gasteiger partial charge in [-0.25, -0.2) is 9.59 Å². The van der Waals surface area contributed by atoms with Crippen LogP contribution in [-0.4, -0.2) is 87.2 Å². The number of carbonyl (C=O) groups excluding carboxylic acids is 3. The molecule has 0 aromatic carbocycles. The Balaban J connectivity index is 4.87. The third-order valence-corrected chi connectivity index (χ3v) is 4.39. The Morgan fingerprint density at radius 1 is 0.897 bits per heavy atom. The van der Waals surface area contributed by atoms with Crippen molar-refractivity contribution in [3.63, 3.8) is 0 Å². The fourth-order valence-corrected chi connectivity index (χ4v) is 2.86. The zero-order chi connectivity index (χ0) is 22.6. The number of nitrogens with two attached hydrogens (primary N) is 2. The summed E-state index contributed by atoms with van der Waals surface area (Å²) in [7, 11) is 0. The molecular weight excluding hydrogens is 414 g/mol. The molecular formula is C14H23N5O9S. The van der Waals surface area contributed by atoms with Crippen molar-refractivity contribution in [1.82, 2.24) is 16.0 Å². The Bertz CT molecular complexity index is 645. The molecule has 0 bridgehead atoms. The van der Waals surface area contributed by atoms with Crippen molar-refractivity contribution in [3.05, 3.63) is 0 Å². The zero-order valence-electron chi connectivity index (χ0n) is 15.1. The van der Waals surface area contributed by atoms with E-state index < -0.39 is 60.4 Å². The van der Waals surface area contributed by atoms with E-state index in [1.807, 2.05) is 5.32 Å². The van der Waals surface area contributed by atoms with Crippen LogP contribution in [0, 0.1) is 0 Å². The Labute approximate surface area is 168 Å². The largest absolute Gasteiger partial charge is 0.480 e. The molecule has 0 aliphatic rings. The van der Waals surface area contributed by atoms with Crippen molar-refractivity contribution < 1.29 is 44.1 Å². The van der Waals surface area contributed by atoms with Crippen molar-refractivity contribution in [1.29, 1.82) is 0 Å². The molecule has 15 heteroatoms. The predicted octanol–water partition coefficient (Wildman–Crippen LogP) is -3.28. The highest BCUT2D eigenvalue weighted by atomic mass is 32.2.